The smallest absolute Gasteiger partial charge is 0.261 e. The zero-order valence-corrected chi connectivity index (χ0v) is 14.8. The summed E-state index contributed by atoms with van der Waals surface area (Å²) in [5, 5.41) is 0.652. The summed E-state index contributed by atoms with van der Waals surface area (Å²) in [4.78, 5) is 31.7. The van der Waals surface area contributed by atoms with E-state index in [-0.39, 0.29) is 17.2 Å². The van der Waals surface area contributed by atoms with Crippen molar-refractivity contribution in [2.24, 2.45) is 7.05 Å². The maximum Gasteiger partial charge on any atom is 0.261 e. The van der Waals surface area contributed by atoms with E-state index >= 15 is 0 Å². The molecule has 1 fully saturated rings. The normalized spacial score (nSPS) is 17.8. The highest BCUT2D eigenvalue weighted by molar-refractivity contribution is 5.77. The van der Waals surface area contributed by atoms with Crippen LogP contribution < -0.4 is 11.1 Å². The Bertz CT molecular complexity index is 1050. The number of pyridine rings is 1. The Hall–Kier alpha value is -2.73. The van der Waals surface area contributed by atoms with Crippen molar-refractivity contribution in [1.82, 2.24) is 19.0 Å². The third-order valence-corrected chi connectivity index (χ3v) is 5.21. The van der Waals surface area contributed by atoms with Crippen molar-refractivity contribution in [3.63, 3.8) is 0 Å². The van der Waals surface area contributed by atoms with Crippen molar-refractivity contribution in [3.8, 4) is 0 Å². The fraction of sp³-hybridized carbons (Fsp3) is 0.350. The molecule has 3 heterocycles. The van der Waals surface area contributed by atoms with Crippen LogP contribution in [0, 0.1) is 0 Å². The van der Waals surface area contributed by atoms with E-state index in [2.05, 4.69) is 4.90 Å². The van der Waals surface area contributed by atoms with Crippen molar-refractivity contribution in [3.05, 3.63) is 75.2 Å². The van der Waals surface area contributed by atoms with Gasteiger partial charge in [-0.25, -0.2) is 4.98 Å². The quantitative estimate of drug-likeness (QED) is 0.721. The van der Waals surface area contributed by atoms with Gasteiger partial charge in [-0.05, 0) is 37.6 Å². The highest BCUT2D eigenvalue weighted by Gasteiger charge is 2.29. The Morgan fingerprint density at radius 1 is 1.08 bits per heavy atom. The largest absolute Gasteiger partial charge is 0.314 e. The van der Waals surface area contributed by atoms with Gasteiger partial charge in [0.1, 0.15) is 5.82 Å². The van der Waals surface area contributed by atoms with Crippen molar-refractivity contribution < 1.29 is 0 Å². The second kappa shape index (κ2) is 6.88. The second-order valence-corrected chi connectivity index (χ2v) is 6.78. The summed E-state index contributed by atoms with van der Waals surface area (Å²) in [6, 6.07) is 12.8. The first kappa shape index (κ1) is 16.7. The molecule has 1 saturated heterocycles. The summed E-state index contributed by atoms with van der Waals surface area (Å²) >= 11 is 0. The third-order valence-electron chi connectivity index (χ3n) is 5.21. The number of benzene rings is 1. The van der Waals surface area contributed by atoms with Crippen LogP contribution in [-0.4, -0.2) is 32.1 Å². The Kier molecular flexibility index (Phi) is 4.42. The minimum absolute atomic E-state index is 0.00303. The molecular weight excluding hydrogens is 328 g/mol. The Morgan fingerprint density at radius 2 is 1.88 bits per heavy atom. The van der Waals surface area contributed by atoms with Crippen molar-refractivity contribution in [1.29, 1.82) is 0 Å². The molecule has 2 aromatic heterocycles. The zero-order valence-electron chi connectivity index (χ0n) is 14.8. The van der Waals surface area contributed by atoms with E-state index in [0.717, 1.165) is 37.3 Å². The number of para-hydroxylation sites is 1. The Morgan fingerprint density at radius 3 is 2.73 bits per heavy atom. The van der Waals surface area contributed by atoms with Gasteiger partial charge in [-0.15, -0.1) is 0 Å². The molecule has 1 aromatic carbocycles. The van der Waals surface area contributed by atoms with Gasteiger partial charge < -0.3 is 4.57 Å². The second-order valence-electron chi connectivity index (χ2n) is 6.78. The lowest BCUT2D eigenvalue weighted by Gasteiger charge is -2.25. The summed E-state index contributed by atoms with van der Waals surface area (Å²) in [5.41, 5.74) is 0.757. The average molecular weight is 350 g/mol. The third kappa shape index (κ3) is 2.97. The summed E-state index contributed by atoms with van der Waals surface area (Å²) in [7, 11) is 1.80. The highest BCUT2D eigenvalue weighted by atomic mass is 16.1. The van der Waals surface area contributed by atoms with E-state index in [1.165, 1.54) is 0 Å². The summed E-state index contributed by atoms with van der Waals surface area (Å²) < 4.78 is 3.40. The van der Waals surface area contributed by atoms with Crippen LogP contribution >= 0.6 is 0 Å². The number of hydrogen-bond acceptors (Lipinski definition) is 4. The van der Waals surface area contributed by atoms with E-state index in [0.29, 0.717) is 11.9 Å². The van der Waals surface area contributed by atoms with Gasteiger partial charge in [0.2, 0.25) is 0 Å². The van der Waals surface area contributed by atoms with E-state index in [9.17, 15) is 9.59 Å². The van der Waals surface area contributed by atoms with Crippen LogP contribution in [0.15, 0.2) is 58.3 Å². The van der Waals surface area contributed by atoms with Crippen LogP contribution in [0.2, 0.25) is 0 Å². The number of nitrogens with zero attached hydrogens (tertiary/aromatic N) is 4. The minimum atomic E-state index is -0.00303. The number of aromatic nitrogens is 3. The molecule has 0 amide bonds. The molecule has 26 heavy (non-hydrogen) atoms. The predicted octanol–water partition coefficient (Wildman–Crippen LogP) is 1.93. The topological polar surface area (TPSA) is 60.1 Å². The maximum atomic E-state index is 12.7. The molecule has 0 N–H and O–H groups in total. The van der Waals surface area contributed by atoms with E-state index < -0.39 is 0 Å². The molecule has 1 aliphatic rings. The van der Waals surface area contributed by atoms with Crippen molar-refractivity contribution in [2.75, 3.05) is 13.1 Å². The van der Waals surface area contributed by atoms with Gasteiger partial charge in [0.25, 0.3) is 11.1 Å². The lowest BCUT2D eigenvalue weighted by atomic mass is 10.1. The first-order valence-corrected chi connectivity index (χ1v) is 9.00. The fourth-order valence-electron chi connectivity index (χ4n) is 3.80. The molecule has 4 rings (SSSR count). The minimum Gasteiger partial charge on any atom is -0.314 e. The van der Waals surface area contributed by atoms with Crippen molar-refractivity contribution in [2.45, 2.75) is 25.4 Å². The first-order chi connectivity index (χ1) is 12.6. The van der Waals surface area contributed by atoms with Crippen molar-refractivity contribution >= 4 is 10.9 Å². The van der Waals surface area contributed by atoms with Crippen LogP contribution in [0.25, 0.3) is 10.9 Å². The number of fused-ring (bicyclic) bond motifs is 1. The molecule has 0 spiro atoms. The van der Waals surface area contributed by atoms with Gasteiger partial charge in [-0.2, -0.15) is 0 Å². The lowest BCUT2D eigenvalue weighted by molar-refractivity contribution is 0.233. The van der Waals surface area contributed by atoms with Crippen LogP contribution in [-0.2, 0) is 13.6 Å². The summed E-state index contributed by atoms with van der Waals surface area (Å²) in [5.74, 6) is 0.812. The van der Waals surface area contributed by atoms with Crippen LogP contribution in [0.1, 0.15) is 24.7 Å². The molecule has 0 aliphatic carbocycles. The lowest BCUT2D eigenvalue weighted by Crippen LogP contribution is -2.34. The molecule has 6 heteroatoms. The monoisotopic (exact) mass is 350 g/mol. The summed E-state index contributed by atoms with van der Waals surface area (Å²) in [6.45, 7) is 2.35. The van der Waals surface area contributed by atoms with Gasteiger partial charge in [0, 0.05) is 32.4 Å². The predicted molar refractivity (Wildman–Crippen MR) is 101 cm³/mol. The SMILES string of the molecule is Cn1c(C2CCCN2CCn2ccccc2=O)nc2ccccc2c1=O. The van der Waals surface area contributed by atoms with Crippen LogP contribution in [0.4, 0.5) is 0 Å². The molecule has 3 aromatic rings. The first-order valence-electron chi connectivity index (χ1n) is 9.00. The molecule has 1 atom stereocenters. The highest BCUT2D eigenvalue weighted by Crippen LogP contribution is 2.30. The van der Waals surface area contributed by atoms with E-state index in [1.807, 2.05) is 36.5 Å². The Balaban J connectivity index is 1.63. The van der Waals surface area contributed by atoms with Gasteiger partial charge in [0.15, 0.2) is 0 Å². The molecule has 134 valence electrons. The average Bonchev–Trinajstić information content (AvgIpc) is 3.12. The Labute approximate surface area is 151 Å². The number of rotatable bonds is 4. The molecule has 0 bridgehead atoms. The number of likely N-dealkylation sites (tertiary alicyclic amines) is 1. The molecule has 6 nitrogen and oxygen atoms in total. The van der Waals surface area contributed by atoms with E-state index in [1.54, 1.807) is 28.3 Å². The molecular formula is C20H22N4O2. The van der Waals surface area contributed by atoms with Gasteiger partial charge >= 0.3 is 0 Å². The molecule has 0 saturated carbocycles. The standard InChI is InChI=1S/C20H22N4O2/c1-22-19(21-16-8-3-2-7-15(16)20(22)26)17-9-6-12-23(17)13-14-24-11-5-4-10-18(24)25/h2-5,7-8,10-11,17H,6,9,12-14H2,1H3. The maximum absolute atomic E-state index is 12.7. The van der Waals surface area contributed by atoms with E-state index in [4.69, 9.17) is 4.98 Å². The molecule has 1 aliphatic heterocycles. The van der Waals surface area contributed by atoms with Crippen LogP contribution in [0.3, 0.4) is 0 Å². The molecule has 1 unspecified atom stereocenters. The summed E-state index contributed by atoms with van der Waals surface area (Å²) in [6.07, 6.45) is 3.86. The molecule has 0 radical (unpaired) electrons. The van der Waals surface area contributed by atoms with Crippen LogP contribution in [0.5, 0.6) is 0 Å². The zero-order chi connectivity index (χ0) is 18.1. The van der Waals surface area contributed by atoms with Gasteiger partial charge in [-0.1, -0.05) is 18.2 Å². The fourth-order valence-corrected chi connectivity index (χ4v) is 3.80. The van der Waals surface area contributed by atoms with Gasteiger partial charge in [-0.3, -0.25) is 19.1 Å². The van der Waals surface area contributed by atoms with Gasteiger partial charge in [0.05, 0.1) is 16.9 Å². The number of hydrogen-bond donors (Lipinski definition) is 0.